The van der Waals surface area contributed by atoms with Crippen LogP contribution in [-0.2, 0) is 22.4 Å². The molecule has 0 aliphatic carbocycles. The van der Waals surface area contributed by atoms with E-state index in [1.807, 2.05) is 38.1 Å². The van der Waals surface area contributed by atoms with Gasteiger partial charge in [-0.25, -0.2) is 0 Å². The summed E-state index contributed by atoms with van der Waals surface area (Å²) in [5, 5.41) is 5.37. The van der Waals surface area contributed by atoms with Crippen molar-refractivity contribution in [3.8, 4) is 11.5 Å². The van der Waals surface area contributed by atoms with Gasteiger partial charge in [-0.2, -0.15) is 0 Å². The molecule has 0 saturated carbocycles. The number of hydrogen-bond acceptors (Lipinski definition) is 4. The second kappa shape index (κ2) is 7.70. The maximum atomic E-state index is 12.2. The molecule has 0 spiro atoms. The number of carbonyl (C=O) groups is 2. The fraction of sp³-hybridized carbons (Fsp3) is 0.333. The molecule has 2 amide bonds. The summed E-state index contributed by atoms with van der Waals surface area (Å²) in [5.41, 5.74) is 2.35. The predicted octanol–water partition coefficient (Wildman–Crippen LogP) is 2.71. The van der Waals surface area contributed by atoms with Crippen LogP contribution in [0.15, 0.2) is 42.5 Å². The summed E-state index contributed by atoms with van der Waals surface area (Å²) < 4.78 is 11.6. The zero-order valence-corrected chi connectivity index (χ0v) is 15.8. The van der Waals surface area contributed by atoms with Crippen LogP contribution in [0.2, 0.25) is 0 Å². The van der Waals surface area contributed by atoms with Crippen LogP contribution in [0.1, 0.15) is 25.0 Å². The number of benzene rings is 2. The Balaban J connectivity index is 1.55. The molecule has 3 rings (SSSR count). The lowest BCUT2D eigenvalue weighted by atomic mass is 10.0. The molecule has 0 atom stereocenters. The average molecular weight is 368 g/mol. The van der Waals surface area contributed by atoms with Gasteiger partial charge < -0.3 is 20.1 Å². The van der Waals surface area contributed by atoms with E-state index in [9.17, 15) is 9.59 Å². The van der Waals surface area contributed by atoms with Gasteiger partial charge in [0.25, 0.3) is 5.91 Å². The maximum Gasteiger partial charge on any atom is 0.262 e. The van der Waals surface area contributed by atoms with E-state index in [4.69, 9.17) is 9.47 Å². The van der Waals surface area contributed by atoms with Gasteiger partial charge in [0.1, 0.15) is 5.60 Å². The Bertz CT molecular complexity index is 844. The zero-order valence-electron chi connectivity index (χ0n) is 15.8. The molecule has 142 valence electrons. The summed E-state index contributed by atoms with van der Waals surface area (Å²) in [5.74, 6) is 0.980. The highest BCUT2D eigenvalue weighted by Crippen LogP contribution is 2.41. The molecule has 1 heterocycles. The van der Waals surface area contributed by atoms with E-state index < -0.39 is 0 Å². The van der Waals surface area contributed by atoms with E-state index >= 15 is 0 Å². The molecule has 2 aromatic carbocycles. The van der Waals surface area contributed by atoms with Gasteiger partial charge in [0, 0.05) is 24.7 Å². The Morgan fingerprint density at radius 3 is 2.56 bits per heavy atom. The fourth-order valence-corrected chi connectivity index (χ4v) is 3.02. The van der Waals surface area contributed by atoms with Crippen LogP contribution in [0.3, 0.4) is 0 Å². The first-order valence-electron chi connectivity index (χ1n) is 8.89. The van der Waals surface area contributed by atoms with Crippen molar-refractivity contribution in [3.05, 3.63) is 53.6 Å². The second-order valence-corrected chi connectivity index (χ2v) is 7.17. The number of ether oxygens (including phenoxy) is 2. The summed E-state index contributed by atoms with van der Waals surface area (Å²) in [6.45, 7) is 3.94. The van der Waals surface area contributed by atoms with Crippen molar-refractivity contribution in [2.45, 2.75) is 32.3 Å². The second-order valence-electron chi connectivity index (χ2n) is 7.17. The quantitative estimate of drug-likeness (QED) is 0.822. The average Bonchev–Trinajstić information content (AvgIpc) is 2.95. The molecule has 6 heteroatoms. The van der Waals surface area contributed by atoms with Crippen LogP contribution < -0.4 is 20.1 Å². The lowest BCUT2D eigenvalue weighted by Crippen LogP contribution is -2.25. The number of fused-ring (bicyclic) bond motifs is 1. The minimum absolute atomic E-state index is 0.0547. The lowest BCUT2D eigenvalue weighted by Gasteiger charge is -2.18. The highest BCUT2D eigenvalue weighted by atomic mass is 16.5. The molecular formula is C21H24N2O4. The molecule has 1 aliphatic heterocycles. The molecule has 0 aromatic heterocycles. The number of nitrogens with one attached hydrogen (secondary N) is 2. The van der Waals surface area contributed by atoms with Crippen molar-refractivity contribution < 1.29 is 19.1 Å². The van der Waals surface area contributed by atoms with Crippen molar-refractivity contribution in [1.82, 2.24) is 5.32 Å². The van der Waals surface area contributed by atoms with E-state index in [2.05, 4.69) is 10.6 Å². The maximum absolute atomic E-state index is 12.2. The van der Waals surface area contributed by atoms with Gasteiger partial charge in [-0.3, -0.25) is 9.59 Å². The van der Waals surface area contributed by atoms with Crippen LogP contribution in [0.25, 0.3) is 0 Å². The third kappa shape index (κ3) is 4.78. The van der Waals surface area contributed by atoms with Crippen molar-refractivity contribution in [1.29, 1.82) is 0 Å². The number of hydrogen-bond donors (Lipinski definition) is 2. The van der Waals surface area contributed by atoms with E-state index in [1.165, 1.54) is 0 Å². The Labute approximate surface area is 158 Å². The van der Waals surface area contributed by atoms with Crippen molar-refractivity contribution >= 4 is 17.5 Å². The summed E-state index contributed by atoms with van der Waals surface area (Å²) >= 11 is 0. The zero-order chi connectivity index (χ0) is 19.4. The van der Waals surface area contributed by atoms with E-state index in [1.54, 1.807) is 25.2 Å². The third-order valence-electron chi connectivity index (χ3n) is 4.29. The molecule has 2 aromatic rings. The highest BCUT2D eigenvalue weighted by molar-refractivity contribution is 5.92. The Kier molecular flexibility index (Phi) is 5.35. The van der Waals surface area contributed by atoms with Gasteiger partial charge in [0.2, 0.25) is 5.91 Å². The highest BCUT2D eigenvalue weighted by Gasteiger charge is 2.32. The first-order valence-corrected chi connectivity index (χ1v) is 8.89. The molecule has 2 N–H and O–H groups in total. The lowest BCUT2D eigenvalue weighted by molar-refractivity contribution is -0.120. The normalized spacial score (nSPS) is 14.0. The summed E-state index contributed by atoms with van der Waals surface area (Å²) in [6.07, 6.45) is 1.12. The van der Waals surface area contributed by atoms with Crippen LogP contribution in [0.5, 0.6) is 11.5 Å². The molecule has 1 aliphatic rings. The van der Waals surface area contributed by atoms with Crippen LogP contribution in [0, 0.1) is 0 Å². The number of para-hydroxylation sites is 1. The number of carbonyl (C=O) groups excluding carboxylic acids is 2. The first-order chi connectivity index (χ1) is 12.9. The minimum Gasteiger partial charge on any atom is -0.483 e. The number of rotatable bonds is 6. The van der Waals surface area contributed by atoms with Gasteiger partial charge >= 0.3 is 0 Å². The van der Waals surface area contributed by atoms with Crippen molar-refractivity contribution in [2.24, 2.45) is 0 Å². The predicted molar refractivity (Wildman–Crippen MR) is 103 cm³/mol. The summed E-state index contributed by atoms with van der Waals surface area (Å²) in [4.78, 5) is 23.6. The van der Waals surface area contributed by atoms with E-state index in [-0.39, 0.29) is 24.0 Å². The molecule has 0 radical (unpaired) electrons. The molecule has 27 heavy (non-hydrogen) atoms. The largest absolute Gasteiger partial charge is 0.483 e. The first kappa shape index (κ1) is 18.8. The van der Waals surface area contributed by atoms with Crippen LogP contribution in [0.4, 0.5) is 5.69 Å². The Morgan fingerprint density at radius 1 is 1.11 bits per heavy atom. The third-order valence-corrected chi connectivity index (χ3v) is 4.29. The summed E-state index contributed by atoms with van der Waals surface area (Å²) in [6, 6.07) is 12.9. The number of anilines is 1. The molecule has 0 saturated heterocycles. The van der Waals surface area contributed by atoms with Gasteiger partial charge in [-0.05, 0) is 37.6 Å². The standard InChI is InChI=1S/C21H24N2O4/c1-21(2)12-15-5-4-6-17(20(15)27-21)26-13-19(25)23-16-9-7-14(8-10-16)11-18(24)22-3/h4-10H,11-13H2,1-3H3,(H,22,24)(H,23,25). The van der Waals surface area contributed by atoms with Crippen molar-refractivity contribution in [2.75, 3.05) is 19.0 Å². The monoisotopic (exact) mass is 368 g/mol. The van der Waals surface area contributed by atoms with E-state index in [0.717, 1.165) is 17.5 Å². The minimum atomic E-state index is -0.263. The van der Waals surface area contributed by atoms with E-state index in [0.29, 0.717) is 23.6 Å². The molecule has 0 fully saturated rings. The van der Waals surface area contributed by atoms with Crippen LogP contribution in [-0.4, -0.2) is 31.1 Å². The molecular weight excluding hydrogens is 344 g/mol. The molecule has 6 nitrogen and oxygen atoms in total. The molecule has 0 bridgehead atoms. The van der Waals surface area contributed by atoms with Gasteiger partial charge in [0.05, 0.1) is 6.42 Å². The fourth-order valence-electron chi connectivity index (χ4n) is 3.02. The Hall–Kier alpha value is -3.02. The van der Waals surface area contributed by atoms with Gasteiger partial charge in [0.15, 0.2) is 18.1 Å². The van der Waals surface area contributed by atoms with Crippen molar-refractivity contribution in [3.63, 3.8) is 0 Å². The smallest absolute Gasteiger partial charge is 0.262 e. The number of likely N-dealkylation sites (N-methyl/N-ethyl adjacent to an activating group) is 1. The SMILES string of the molecule is CNC(=O)Cc1ccc(NC(=O)COc2cccc3c2OC(C)(C)C3)cc1. The van der Waals surface area contributed by atoms with Gasteiger partial charge in [-0.1, -0.05) is 24.3 Å². The van der Waals surface area contributed by atoms with Gasteiger partial charge in [-0.15, -0.1) is 0 Å². The molecule has 0 unspecified atom stereocenters. The summed E-state index contributed by atoms with van der Waals surface area (Å²) in [7, 11) is 1.60. The number of amides is 2. The topological polar surface area (TPSA) is 76.7 Å². The Morgan fingerprint density at radius 2 is 1.85 bits per heavy atom. The van der Waals surface area contributed by atoms with Crippen LogP contribution >= 0.6 is 0 Å².